The van der Waals surface area contributed by atoms with Crippen LogP contribution in [0.3, 0.4) is 0 Å². The van der Waals surface area contributed by atoms with E-state index in [4.69, 9.17) is 5.10 Å². The molecule has 0 saturated heterocycles. The zero-order valence-corrected chi connectivity index (χ0v) is 15.0. The van der Waals surface area contributed by atoms with Crippen LogP contribution in [-0.2, 0) is 0 Å². The first-order chi connectivity index (χ1) is 12.7. The largest absolute Gasteiger partial charge is 0.269 e. The molecule has 0 atom stereocenters. The molecule has 0 spiro atoms. The quantitative estimate of drug-likeness (QED) is 0.482. The molecule has 0 aromatic heterocycles. The van der Waals surface area contributed by atoms with Crippen LogP contribution >= 0.6 is 0 Å². The highest BCUT2D eigenvalue weighted by Crippen LogP contribution is 2.13. The van der Waals surface area contributed by atoms with Crippen LogP contribution in [0.5, 0.6) is 0 Å². The van der Waals surface area contributed by atoms with Gasteiger partial charge in [-0.1, -0.05) is 66.7 Å². The van der Waals surface area contributed by atoms with E-state index < -0.39 is 0 Å². The van der Waals surface area contributed by atoms with Gasteiger partial charge in [-0.05, 0) is 24.3 Å². The fourth-order valence-corrected chi connectivity index (χ4v) is 2.48. The Hall–Kier alpha value is -3.40. The maximum absolute atomic E-state index is 4.76. The first-order valence-electron chi connectivity index (χ1n) is 8.49. The third-order valence-corrected chi connectivity index (χ3v) is 3.94. The van der Waals surface area contributed by atoms with Crippen molar-refractivity contribution in [1.82, 2.24) is 0 Å². The SMILES string of the molecule is CN(N=CC(=NN(C)c1ccccc1)c1ccccc1)c1ccccc1. The van der Waals surface area contributed by atoms with Gasteiger partial charge in [0.15, 0.2) is 0 Å². The van der Waals surface area contributed by atoms with Gasteiger partial charge in [0.2, 0.25) is 0 Å². The molecule has 0 fully saturated rings. The topological polar surface area (TPSA) is 31.2 Å². The van der Waals surface area contributed by atoms with Crippen LogP contribution in [0.4, 0.5) is 11.4 Å². The van der Waals surface area contributed by atoms with Gasteiger partial charge >= 0.3 is 0 Å². The zero-order valence-electron chi connectivity index (χ0n) is 15.0. The highest BCUT2D eigenvalue weighted by molar-refractivity contribution is 6.38. The number of hydrazone groups is 2. The maximum atomic E-state index is 4.76. The highest BCUT2D eigenvalue weighted by atomic mass is 15.5. The molecule has 4 heteroatoms. The number of nitrogens with zero attached hydrogens (tertiary/aromatic N) is 4. The second-order valence-electron chi connectivity index (χ2n) is 5.81. The van der Waals surface area contributed by atoms with Gasteiger partial charge < -0.3 is 0 Å². The molecule has 0 N–H and O–H groups in total. The maximum Gasteiger partial charge on any atom is 0.111 e. The number of benzene rings is 3. The predicted molar refractivity (Wildman–Crippen MR) is 111 cm³/mol. The van der Waals surface area contributed by atoms with Gasteiger partial charge in [0.05, 0.1) is 17.6 Å². The number of hydrogen-bond acceptors (Lipinski definition) is 4. The van der Waals surface area contributed by atoms with Crippen LogP contribution in [0.15, 0.2) is 101 Å². The third kappa shape index (κ3) is 4.57. The summed E-state index contributed by atoms with van der Waals surface area (Å²) in [5.74, 6) is 0. The second kappa shape index (κ2) is 8.62. The third-order valence-electron chi connectivity index (χ3n) is 3.94. The summed E-state index contributed by atoms with van der Waals surface area (Å²) in [5.41, 5.74) is 3.85. The van der Waals surface area contributed by atoms with Crippen LogP contribution in [-0.4, -0.2) is 26.0 Å². The average Bonchev–Trinajstić information content (AvgIpc) is 2.72. The lowest BCUT2D eigenvalue weighted by atomic mass is 10.1. The van der Waals surface area contributed by atoms with E-state index >= 15 is 0 Å². The Labute approximate surface area is 154 Å². The molecule has 0 heterocycles. The lowest BCUT2D eigenvalue weighted by molar-refractivity contribution is 1.01. The first kappa shape index (κ1) is 17.4. The van der Waals surface area contributed by atoms with Gasteiger partial charge in [0, 0.05) is 19.7 Å². The molecule has 4 nitrogen and oxygen atoms in total. The molecule has 26 heavy (non-hydrogen) atoms. The Morgan fingerprint density at radius 2 is 1.12 bits per heavy atom. The minimum atomic E-state index is 0.791. The second-order valence-corrected chi connectivity index (χ2v) is 5.81. The molecule has 0 saturated carbocycles. The van der Waals surface area contributed by atoms with E-state index in [9.17, 15) is 0 Å². The molecule has 3 aromatic rings. The number of anilines is 2. The van der Waals surface area contributed by atoms with Crippen molar-refractivity contribution in [3.63, 3.8) is 0 Å². The van der Waals surface area contributed by atoms with Crippen molar-refractivity contribution in [2.24, 2.45) is 10.2 Å². The monoisotopic (exact) mass is 342 g/mol. The number of rotatable bonds is 6. The van der Waals surface area contributed by atoms with Crippen molar-refractivity contribution in [3.8, 4) is 0 Å². The number of hydrogen-bond donors (Lipinski definition) is 0. The van der Waals surface area contributed by atoms with Gasteiger partial charge in [0.25, 0.3) is 0 Å². The summed E-state index contributed by atoms with van der Waals surface area (Å²) in [5, 5.41) is 13.0. The molecule has 0 amide bonds. The van der Waals surface area contributed by atoms with Crippen molar-refractivity contribution in [1.29, 1.82) is 0 Å². The van der Waals surface area contributed by atoms with Crippen molar-refractivity contribution >= 4 is 23.3 Å². The molecule has 0 aliphatic heterocycles. The Morgan fingerprint density at radius 3 is 1.65 bits per heavy atom. The molecule has 0 radical (unpaired) electrons. The Balaban J connectivity index is 1.89. The minimum Gasteiger partial charge on any atom is -0.269 e. The Kier molecular flexibility index (Phi) is 5.78. The van der Waals surface area contributed by atoms with E-state index in [1.54, 1.807) is 6.21 Å². The Bertz CT molecular complexity index is 858. The molecular formula is C22H22N4. The standard InChI is InChI=1S/C22H22N4/c1-25(20-14-8-4-9-15-20)23-18-22(19-12-6-3-7-13-19)24-26(2)21-16-10-5-11-17-21/h3-18H,1-2H3. The predicted octanol–water partition coefficient (Wildman–Crippen LogP) is 4.65. The fraction of sp³-hybridized carbons (Fsp3) is 0.0909. The summed E-state index contributed by atoms with van der Waals surface area (Å²) < 4.78 is 0. The summed E-state index contributed by atoms with van der Waals surface area (Å²) >= 11 is 0. The van der Waals surface area contributed by atoms with E-state index in [1.165, 1.54) is 0 Å². The minimum absolute atomic E-state index is 0.791. The van der Waals surface area contributed by atoms with E-state index in [0.29, 0.717) is 0 Å². The van der Waals surface area contributed by atoms with Crippen LogP contribution in [0.25, 0.3) is 0 Å². The van der Waals surface area contributed by atoms with Gasteiger partial charge in [-0.2, -0.15) is 10.2 Å². The zero-order chi connectivity index (χ0) is 18.2. The number of para-hydroxylation sites is 2. The van der Waals surface area contributed by atoms with Gasteiger partial charge in [-0.15, -0.1) is 0 Å². The highest BCUT2D eigenvalue weighted by Gasteiger charge is 2.05. The average molecular weight is 342 g/mol. The van der Waals surface area contributed by atoms with Crippen LogP contribution < -0.4 is 10.0 Å². The van der Waals surface area contributed by atoms with Crippen molar-refractivity contribution in [2.75, 3.05) is 24.1 Å². The van der Waals surface area contributed by atoms with Crippen molar-refractivity contribution < 1.29 is 0 Å². The smallest absolute Gasteiger partial charge is 0.111 e. The molecular weight excluding hydrogens is 320 g/mol. The summed E-state index contributed by atoms with van der Waals surface area (Å²) in [6.07, 6.45) is 1.79. The van der Waals surface area contributed by atoms with E-state index in [-0.39, 0.29) is 0 Å². The van der Waals surface area contributed by atoms with Crippen molar-refractivity contribution in [3.05, 3.63) is 96.6 Å². The Morgan fingerprint density at radius 1 is 0.654 bits per heavy atom. The molecule has 0 unspecified atom stereocenters. The molecule has 0 aliphatic rings. The van der Waals surface area contributed by atoms with Gasteiger partial charge in [-0.3, -0.25) is 10.0 Å². The van der Waals surface area contributed by atoms with Crippen LogP contribution in [0, 0.1) is 0 Å². The molecule has 0 bridgehead atoms. The summed E-state index contributed by atoms with van der Waals surface area (Å²) in [4.78, 5) is 0. The molecule has 3 rings (SSSR count). The first-order valence-corrected chi connectivity index (χ1v) is 8.49. The van der Waals surface area contributed by atoms with Gasteiger partial charge in [-0.25, -0.2) is 0 Å². The van der Waals surface area contributed by atoms with Crippen LogP contribution in [0.1, 0.15) is 5.56 Å². The summed E-state index contributed by atoms with van der Waals surface area (Å²) in [6, 6.07) is 30.1. The molecule has 3 aromatic carbocycles. The lowest BCUT2D eigenvalue weighted by Gasteiger charge is -2.16. The lowest BCUT2D eigenvalue weighted by Crippen LogP contribution is -2.17. The van der Waals surface area contributed by atoms with Gasteiger partial charge in [0.1, 0.15) is 5.71 Å². The van der Waals surface area contributed by atoms with Crippen LogP contribution in [0.2, 0.25) is 0 Å². The fourth-order valence-electron chi connectivity index (χ4n) is 2.48. The van der Waals surface area contributed by atoms with E-state index in [2.05, 4.69) is 5.10 Å². The van der Waals surface area contributed by atoms with Crippen molar-refractivity contribution in [2.45, 2.75) is 0 Å². The van der Waals surface area contributed by atoms with E-state index in [0.717, 1.165) is 22.6 Å². The molecule has 0 aliphatic carbocycles. The summed E-state index contributed by atoms with van der Waals surface area (Å²) in [6.45, 7) is 0. The molecule has 130 valence electrons. The normalized spacial score (nSPS) is 11.5. The van der Waals surface area contributed by atoms with E-state index in [1.807, 2.05) is 115 Å². The summed E-state index contributed by atoms with van der Waals surface area (Å²) in [7, 11) is 3.86.